The summed E-state index contributed by atoms with van der Waals surface area (Å²) in [6.07, 6.45) is 1.92. The largest absolute Gasteiger partial charge is 2.00 e. The number of fused-ring (bicyclic) bond motifs is 4. The minimum atomic E-state index is -0.116. The fourth-order valence-electron chi connectivity index (χ4n) is 7.23. The molecule has 0 N–H and O–H groups in total. The van der Waals surface area contributed by atoms with E-state index in [0.717, 1.165) is 39.3 Å². The van der Waals surface area contributed by atoms with Gasteiger partial charge in [-0.1, -0.05) is 116 Å². The summed E-state index contributed by atoms with van der Waals surface area (Å²) in [6.45, 7) is 20.9. The molecule has 0 fully saturated rings. The minimum Gasteiger partial charge on any atom is -0.509 e. The van der Waals surface area contributed by atoms with Gasteiger partial charge in [-0.05, 0) is 75.2 Å². The molecule has 0 aliphatic carbocycles. The monoisotopic (exact) mass is 891 g/mol. The van der Waals surface area contributed by atoms with Gasteiger partial charge in [0, 0.05) is 28.9 Å². The van der Waals surface area contributed by atoms with E-state index in [4.69, 9.17) is 9.72 Å². The number of rotatable bonds is 5. The first-order valence-electron chi connectivity index (χ1n) is 18.6. The van der Waals surface area contributed by atoms with Crippen molar-refractivity contribution < 1.29 is 25.8 Å². The summed E-state index contributed by atoms with van der Waals surface area (Å²) in [5, 5.41) is 2.29. The van der Waals surface area contributed by atoms with Crippen LogP contribution in [0, 0.1) is 12.1 Å². The van der Waals surface area contributed by atoms with Crippen LogP contribution < -0.4 is 14.5 Å². The van der Waals surface area contributed by atoms with Crippen LogP contribution in [0.15, 0.2) is 115 Å². The molecule has 0 unspecified atom stereocenters. The molecule has 5 aromatic carbocycles. The summed E-state index contributed by atoms with van der Waals surface area (Å²) in [7, 11) is 0. The van der Waals surface area contributed by atoms with Crippen LogP contribution in [-0.2, 0) is 37.3 Å². The maximum absolute atomic E-state index is 6.78. The summed E-state index contributed by atoms with van der Waals surface area (Å²) >= 11 is 0. The molecule has 0 atom stereocenters. The Morgan fingerprint density at radius 2 is 1.22 bits per heavy atom. The van der Waals surface area contributed by atoms with E-state index in [0.29, 0.717) is 18.2 Å². The van der Waals surface area contributed by atoms with Crippen LogP contribution in [0.2, 0.25) is 0 Å². The first kappa shape index (κ1) is 37.5. The molecule has 5 nitrogen and oxygen atoms in total. The van der Waals surface area contributed by atoms with Gasteiger partial charge in [-0.25, -0.2) is 4.98 Å². The Morgan fingerprint density at radius 3 is 1.91 bits per heavy atom. The molecule has 1 aliphatic heterocycles. The van der Waals surface area contributed by atoms with Gasteiger partial charge in [0.25, 0.3) is 0 Å². The van der Waals surface area contributed by atoms with E-state index in [2.05, 4.69) is 192 Å². The van der Waals surface area contributed by atoms with Crippen molar-refractivity contribution in [3.63, 3.8) is 0 Å². The molecule has 0 spiro atoms. The van der Waals surface area contributed by atoms with E-state index in [1.165, 1.54) is 27.8 Å². The van der Waals surface area contributed by atoms with Crippen molar-refractivity contribution in [3.05, 3.63) is 144 Å². The minimum absolute atomic E-state index is 0. The molecule has 0 radical (unpaired) electrons. The molecule has 54 heavy (non-hydrogen) atoms. The van der Waals surface area contributed by atoms with E-state index in [1.807, 2.05) is 12.3 Å². The van der Waals surface area contributed by atoms with Crippen molar-refractivity contribution in [3.8, 4) is 17.3 Å². The molecule has 2 aromatic heterocycles. The number of pyridine rings is 1. The zero-order valence-corrected chi connectivity index (χ0v) is 35.0. The smallest absolute Gasteiger partial charge is 0.509 e. The second-order valence-corrected chi connectivity index (χ2v) is 17.3. The molecule has 7 aromatic rings. The van der Waals surface area contributed by atoms with Crippen LogP contribution in [0.3, 0.4) is 0 Å². The molecular weight excluding hydrogens is 844 g/mol. The number of para-hydroxylation sites is 3. The number of aromatic nitrogens is 2. The Kier molecular flexibility index (Phi) is 9.55. The summed E-state index contributed by atoms with van der Waals surface area (Å²) in [4.78, 5) is 9.59. The Balaban J connectivity index is 0.00000450. The van der Waals surface area contributed by atoms with Crippen LogP contribution in [0.4, 0.5) is 22.7 Å². The molecule has 0 saturated carbocycles. The van der Waals surface area contributed by atoms with Gasteiger partial charge in [0.15, 0.2) is 0 Å². The Hall–Kier alpha value is -4.86. The predicted octanol–water partition coefficient (Wildman–Crippen LogP) is 12.7. The fourth-order valence-corrected chi connectivity index (χ4v) is 7.23. The summed E-state index contributed by atoms with van der Waals surface area (Å²) in [5.74, 6) is 2.16. The molecule has 0 saturated heterocycles. The Morgan fingerprint density at radius 1 is 0.574 bits per heavy atom. The molecule has 276 valence electrons. The molecule has 3 heterocycles. The summed E-state index contributed by atoms with van der Waals surface area (Å²) < 4.78 is 9.02. The van der Waals surface area contributed by atoms with Gasteiger partial charge in [-0.3, -0.25) is 0 Å². The first-order valence-corrected chi connectivity index (χ1v) is 18.6. The van der Waals surface area contributed by atoms with Crippen molar-refractivity contribution in [1.82, 2.24) is 9.55 Å². The third kappa shape index (κ3) is 6.95. The third-order valence-electron chi connectivity index (χ3n) is 10.4. The van der Waals surface area contributed by atoms with Crippen LogP contribution in [0.5, 0.6) is 11.5 Å². The van der Waals surface area contributed by atoms with Gasteiger partial charge in [0.2, 0.25) is 0 Å². The average Bonchev–Trinajstić information content (AvgIpc) is 3.67. The quantitative estimate of drug-likeness (QED) is 0.161. The van der Waals surface area contributed by atoms with Gasteiger partial charge in [-0.15, -0.1) is 41.3 Å². The number of ether oxygens (including phenoxy) is 1. The first-order chi connectivity index (χ1) is 25.1. The molecule has 0 amide bonds. The second-order valence-electron chi connectivity index (χ2n) is 17.3. The molecule has 8 rings (SSSR count). The molecule has 0 bridgehead atoms. The average molecular weight is 892 g/mol. The van der Waals surface area contributed by atoms with Crippen molar-refractivity contribution in [2.24, 2.45) is 0 Å². The van der Waals surface area contributed by atoms with E-state index in [-0.39, 0.29) is 37.3 Å². The van der Waals surface area contributed by atoms with E-state index >= 15 is 0 Å². The SMILES string of the molecule is CC(C)(C)c1cc(Oc2[c-]c3c(cc2)c2cc(C(C)(C)C)ccc2n3-c2cc(C(C)(C)C)ccn2)[c-]c(N2CN(c3ccccc3)c3ccccc32)c1.[Pt+2]. The van der Waals surface area contributed by atoms with Crippen LogP contribution >= 0.6 is 0 Å². The zero-order chi connectivity index (χ0) is 37.3. The maximum Gasteiger partial charge on any atom is 2.00 e. The van der Waals surface area contributed by atoms with E-state index < -0.39 is 0 Å². The predicted molar refractivity (Wildman–Crippen MR) is 221 cm³/mol. The van der Waals surface area contributed by atoms with Crippen molar-refractivity contribution in [2.75, 3.05) is 16.5 Å². The van der Waals surface area contributed by atoms with Gasteiger partial charge in [0.1, 0.15) is 5.82 Å². The van der Waals surface area contributed by atoms with Crippen LogP contribution in [0.1, 0.15) is 79.0 Å². The fraction of sp³-hybridized carbons (Fsp3) is 0.271. The Labute approximate surface area is 334 Å². The third-order valence-corrected chi connectivity index (χ3v) is 10.4. The number of nitrogens with zero attached hydrogens (tertiary/aromatic N) is 4. The van der Waals surface area contributed by atoms with Crippen LogP contribution in [-0.4, -0.2) is 16.2 Å². The summed E-state index contributed by atoms with van der Waals surface area (Å²) in [5.41, 5.74) is 10.0. The number of hydrogen-bond acceptors (Lipinski definition) is 4. The number of hydrogen-bond donors (Lipinski definition) is 0. The van der Waals surface area contributed by atoms with Gasteiger partial charge >= 0.3 is 21.1 Å². The maximum atomic E-state index is 6.78. The normalized spacial score (nSPS) is 13.4. The van der Waals surface area contributed by atoms with E-state index in [9.17, 15) is 0 Å². The van der Waals surface area contributed by atoms with E-state index in [1.54, 1.807) is 0 Å². The molecule has 1 aliphatic rings. The standard InChI is InChI=1S/C48H48N4O.Pt/c1-46(2,3)32-19-22-41-40(27-32)39-21-20-37(30-44(39)52(41)45-28-33(23-24-49-45)47(4,5)6)53-38-26-34(48(7,8)9)25-36(29-38)51-31-50(35-15-11-10-12-16-35)42-17-13-14-18-43(42)51;/h10-28H,31H2,1-9H3;/q-2;+2. The van der Waals surface area contributed by atoms with Gasteiger partial charge < -0.3 is 19.1 Å². The van der Waals surface area contributed by atoms with Gasteiger partial charge in [0.05, 0.1) is 18.0 Å². The van der Waals surface area contributed by atoms with Crippen molar-refractivity contribution in [1.29, 1.82) is 0 Å². The second kappa shape index (κ2) is 13.8. The number of anilines is 4. The van der Waals surface area contributed by atoms with Gasteiger partial charge in [-0.2, -0.15) is 6.07 Å². The van der Waals surface area contributed by atoms with Crippen LogP contribution in [0.25, 0.3) is 27.6 Å². The molecular formula is C48H48N4OPt. The topological polar surface area (TPSA) is 33.5 Å². The zero-order valence-electron chi connectivity index (χ0n) is 32.7. The molecule has 6 heteroatoms. The Bertz CT molecular complexity index is 2480. The summed E-state index contributed by atoms with van der Waals surface area (Å²) in [6, 6.07) is 46.2. The number of benzene rings is 5. The van der Waals surface area contributed by atoms with Crippen molar-refractivity contribution in [2.45, 2.75) is 78.6 Å². The van der Waals surface area contributed by atoms with Crippen molar-refractivity contribution >= 4 is 44.6 Å².